The molecule has 0 aromatic heterocycles. The zero-order valence-corrected chi connectivity index (χ0v) is 3.24. The highest BCUT2D eigenvalue weighted by molar-refractivity contribution is 4.81. The van der Waals surface area contributed by atoms with Gasteiger partial charge in [0, 0.05) is 0 Å². The Hall–Kier alpha value is -0.0700. The highest BCUT2D eigenvalue weighted by Gasteiger charge is 2.31. The van der Waals surface area contributed by atoms with E-state index in [1.165, 1.54) is 0 Å². The van der Waals surface area contributed by atoms with E-state index in [4.69, 9.17) is 0 Å². The standard InChI is InChI=1S/C4H7F/c1-3-2-4(3)5/h3-4H,2H2,1H3/i5-1. The van der Waals surface area contributed by atoms with Crippen LogP contribution in [0, 0.1) is 5.92 Å². The van der Waals surface area contributed by atoms with Gasteiger partial charge in [-0.1, -0.05) is 6.92 Å². The first kappa shape index (κ1) is 3.13. The molecule has 0 heterocycles. The molecular weight excluding hydrogens is 66.0 g/mol. The van der Waals surface area contributed by atoms with E-state index in [-0.39, 0.29) is 0 Å². The number of hydrogen-bond donors (Lipinski definition) is 0. The van der Waals surface area contributed by atoms with Gasteiger partial charge in [-0.25, -0.2) is 4.39 Å². The van der Waals surface area contributed by atoms with E-state index < -0.39 is 6.17 Å². The Morgan fingerprint density at radius 1 is 1.80 bits per heavy atom. The molecule has 1 aliphatic rings. The van der Waals surface area contributed by atoms with Crippen molar-refractivity contribution in [3.63, 3.8) is 0 Å². The molecule has 0 aromatic carbocycles. The van der Waals surface area contributed by atoms with Gasteiger partial charge in [0.1, 0.15) is 6.17 Å². The van der Waals surface area contributed by atoms with Crippen LogP contribution < -0.4 is 0 Å². The molecular formula is C4H7F. The van der Waals surface area contributed by atoms with Gasteiger partial charge in [-0.2, -0.15) is 0 Å². The molecule has 0 radical (unpaired) electrons. The van der Waals surface area contributed by atoms with E-state index in [0.29, 0.717) is 5.92 Å². The van der Waals surface area contributed by atoms with Crippen LogP contribution in [0.15, 0.2) is 0 Å². The molecule has 0 spiro atoms. The van der Waals surface area contributed by atoms with Gasteiger partial charge in [0.2, 0.25) is 0 Å². The lowest BCUT2D eigenvalue weighted by Gasteiger charge is -1.63. The minimum atomic E-state index is -0.449. The molecule has 2 unspecified atom stereocenters. The third kappa shape index (κ3) is 0.416. The Balaban J connectivity index is 2.20. The predicted octanol–water partition coefficient (Wildman–Crippen LogP) is 1.36. The Morgan fingerprint density at radius 2 is 2.00 bits per heavy atom. The second kappa shape index (κ2) is 0.703. The third-order valence-electron chi connectivity index (χ3n) is 1.01. The van der Waals surface area contributed by atoms with Crippen molar-refractivity contribution in [3.05, 3.63) is 0 Å². The zero-order valence-electron chi connectivity index (χ0n) is 3.24. The van der Waals surface area contributed by atoms with Gasteiger partial charge in [0.15, 0.2) is 0 Å². The minimum absolute atomic E-state index is 0.384. The van der Waals surface area contributed by atoms with Gasteiger partial charge in [-0.05, 0) is 12.3 Å². The molecule has 1 aliphatic carbocycles. The van der Waals surface area contributed by atoms with Crippen LogP contribution in [0.5, 0.6) is 0 Å². The Bertz CT molecular complexity index is 36.9. The van der Waals surface area contributed by atoms with E-state index >= 15 is 0 Å². The van der Waals surface area contributed by atoms with E-state index in [1.807, 2.05) is 6.92 Å². The van der Waals surface area contributed by atoms with Crippen LogP contribution in [0.4, 0.5) is 4.39 Å². The first-order chi connectivity index (χ1) is 2.30. The summed E-state index contributed by atoms with van der Waals surface area (Å²) in [5, 5.41) is 0. The molecule has 1 heteroatoms. The summed E-state index contributed by atoms with van der Waals surface area (Å²) in [5.74, 6) is 0.384. The van der Waals surface area contributed by atoms with Crippen LogP contribution in [-0.4, -0.2) is 6.17 Å². The van der Waals surface area contributed by atoms with Crippen LogP contribution in [-0.2, 0) is 0 Å². The largest absolute Gasteiger partial charge is 0.247 e. The first-order valence-electron chi connectivity index (χ1n) is 1.95. The van der Waals surface area contributed by atoms with Crippen molar-refractivity contribution in [2.24, 2.45) is 5.92 Å². The van der Waals surface area contributed by atoms with Crippen LogP contribution in [0.1, 0.15) is 13.3 Å². The highest BCUT2D eigenvalue weighted by Crippen LogP contribution is 2.32. The normalized spacial score (nSPS) is 49.2. The fraction of sp³-hybridized carbons (Fsp3) is 1.00. The maximum Gasteiger partial charge on any atom is 0.103 e. The Morgan fingerprint density at radius 3 is 2.00 bits per heavy atom. The summed E-state index contributed by atoms with van der Waals surface area (Å²) in [4.78, 5) is 0. The summed E-state index contributed by atoms with van der Waals surface area (Å²) in [6.45, 7) is 1.92. The molecule has 0 bridgehead atoms. The molecule has 0 N–H and O–H groups in total. The first-order valence-corrected chi connectivity index (χ1v) is 1.95. The van der Waals surface area contributed by atoms with Crippen LogP contribution in [0.25, 0.3) is 0 Å². The lowest BCUT2D eigenvalue weighted by Crippen LogP contribution is -1.63. The van der Waals surface area contributed by atoms with Gasteiger partial charge in [0.25, 0.3) is 0 Å². The van der Waals surface area contributed by atoms with Gasteiger partial charge >= 0.3 is 0 Å². The maximum atomic E-state index is 11.5. The molecule has 0 aromatic rings. The molecule has 30 valence electrons. The van der Waals surface area contributed by atoms with E-state index in [0.717, 1.165) is 6.42 Å². The maximum absolute atomic E-state index is 11.5. The van der Waals surface area contributed by atoms with Crippen molar-refractivity contribution < 1.29 is 4.39 Å². The molecule has 0 saturated heterocycles. The molecule has 0 aliphatic heterocycles. The van der Waals surface area contributed by atoms with Crippen LogP contribution in [0.2, 0.25) is 0 Å². The molecule has 5 heavy (non-hydrogen) atoms. The second-order valence-electron chi connectivity index (χ2n) is 1.73. The molecule has 1 rings (SSSR count). The minimum Gasteiger partial charge on any atom is -0.247 e. The fourth-order valence-electron chi connectivity index (χ4n) is 0.277. The number of rotatable bonds is 0. The van der Waals surface area contributed by atoms with Gasteiger partial charge < -0.3 is 0 Å². The highest BCUT2D eigenvalue weighted by atomic mass is 18.2. The average Bonchev–Trinajstić information content (AvgIpc) is 1.79. The van der Waals surface area contributed by atoms with Crippen molar-refractivity contribution in [1.82, 2.24) is 0 Å². The summed E-state index contributed by atoms with van der Waals surface area (Å²) >= 11 is 0. The topological polar surface area (TPSA) is 0 Å². The summed E-state index contributed by atoms with van der Waals surface area (Å²) in [6, 6.07) is 0. The predicted molar refractivity (Wildman–Crippen MR) is 18.7 cm³/mol. The van der Waals surface area contributed by atoms with E-state index in [9.17, 15) is 4.39 Å². The zero-order chi connectivity index (χ0) is 3.86. The van der Waals surface area contributed by atoms with Crippen molar-refractivity contribution in [2.75, 3.05) is 0 Å². The number of hydrogen-bond acceptors (Lipinski definition) is 0. The van der Waals surface area contributed by atoms with Crippen molar-refractivity contribution in [3.8, 4) is 0 Å². The van der Waals surface area contributed by atoms with E-state index in [1.54, 1.807) is 0 Å². The fourth-order valence-corrected chi connectivity index (χ4v) is 0.277. The summed E-state index contributed by atoms with van der Waals surface area (Å²) in [6.07, 6.45) is 0.356. The van der Waals surface area contributed by atoms with Gasteiger partial charge in [-0.3, -0.25) is 0 Å². The quantitative estimate of drug-likeness (QED) is 0.406. The number of alkyl halides is 1. The summed E-state index contributed by atoms with van der Waals surface area (Å²) in [5.41, 5.74) is 0. The molecule has 1 fully saturated rings. The Kier molecular flexibility index (Phi) is 0.440. The monoisotopic (exact) mass is 73.1 g/mol. The summed E-state index contributed by atoms with van der Waals surface area (Å²) < 4.78 is 11.5. The molecule has 2 atom stereocenters. The Labute approximate surface area is 31.0 Å². The van der Waals surface area contributed by atoms with Crippen LogP contribution in [0.3, 0.4) is 0 Å². The van der Waals surface area contributed by atoms with Gasteiger partial charge in [-0.15, -0.1) is 0 Å². The van der Waals surface area contributed by atoms with Gasteiger partial charge in [0.05, 0.1) is 0 Å². The van der Waals surface area contributed by atoms with Crippen molar-refractivity contribution in [2.45, 2.75) is 19.5 Å². The summed E-state index contributed by atoms with van der Waals surface area (Å²) in [7, 11) is 0. The van der Waals surface area contributed by atoms with Crippen LogP contribution >= 0.6 is 0 Å². The lowest BCUT2D eigenvalue weighted by molar-refractivity contribution is 0.454. The average molecular weight is 73.1 g/mol. The second-order valence-corrected chi connectivity index (χ2v) is 1.73. The van der Waals surface area contributed by atoms with E-state index in [2.05, 4.69) is 0 Å². The van der Waals surface area contributed by atoms with Crippen molar-refractivity contribution in [1.29, 1.82) is 0 Å². The van der Waals surface area contributed by atoms with Crippen molar-refractivity contribution >= 4 is 0 Å². The third-order valence-corrected chi connectivity index (χ3v) is 1.01. The smallest absolute Gasteiger partial charge is 0.103 e. The number of halogens is 1. The lowest BCUT2D eigenvalue weighted by atomic mass is 10.5. The SMILES string of the molecule is CC1CC1[18F]. The molecule has 0 amide bonds. The molecule has 1 saturated carbocycles. The molecule has 0 nitrogen and oxygen atoms in total.